The summed E-state index contributed by atoms with van der Waals surface area (Å²) in [5.41, 5.74) is 5.37. The summed E-state index contributed by atoms with van der Waals surface area (Å²) in [6.45, 7) is 2.89. The quantitative estimate of drug-likeness (QED) is 0.348. The number of hydrogen-bond donors (Lipinski definition) is 0. The van der Waals surface area contributed by atoms with Gasteiger partial charge in [-0.1, -0.05) is 41.9 Å². The van der Waals surface area contributed by atoms with Crippen LogP contribution < -0.4 is 4.74 Å². The predicted octanol–water partition coefficient (Wildman–Crippen LogP) is 6.41. The zero-order chi connectivity index (χ0) is 22.8. The Morgan fingerprint density at radius 2 is 1.91 bits per heavy atom. The molecule has 0 radical (unpaired) electrons. The number of benzene rings is 2. The highest BCUT2D eigenvalue weighted by Gasteiger charge is 2.25. The van der Waals surface area contributed by atoms with Gasteiger partial charge in [0.05, 0.1) is 7.11 Å². The topological polar surface area (TPSA) is 52.8 Å². The summed E-state index contributed by atoms with van der Waals surface area (Å²) in [5, 5.41) is 5.48. The third kappa shape index (κ3) is 4.55. The molecule has 0 saturated carbocycles. The van der Waals surface area contributed by atoms with Crippen LogP contribution in [0.4, 0.5) is 0 Å². The van der Waals surface area contributed by atoms with Crippen LogP contribution in [0.25, 0.3) is 23.3 Å². The van der Waals surface area contributed by atoms with Crippen molar-refractivity contribution in [3.63, 3.8) is 0 Å². The summed E-state index contributed by atoms with van der Waals surface area (Å²) in [7, 11) is 1.70. The van der Waals surface area contributed by atoms with Gasteiger partial charge in [0, 0.05) is 34.9 Å². The smallest absolute Gasteiger partial charge is 0.174 e. The Hall–Kier alpha value is -3.44. The molecule has 0 amide bonds. The van der Waals surface area contributed by atoms with Gasteiger partial charge in [-0.15, -0.1) is 0 Å². The average Bonchev–Trinajstić information content (AvgIpc) is 3.26. The molecule has 6 heteroatoms. The van der Waals surface area contributed by atoms with Crippen LogP contribution in [0.5, 0.6) is 5.75 Å². The molecule has 0 fully saturated rings. The highest BCUT2D eigenvalue weighted by atomic mass is 35.5. The van der Waals surface area contributed by atoms with Crippen molar-refractivity contribution in [2.24, 2.45) is 0 Å². The van der Waals surface area contributed by atoms with Crippen molar-refractivity contribution in [2.75, 3.05) is 7.11 Å². The largest absolute Gasteiger partial charge is 0.496 e. The van der Waals surface area contributed by atoms with Gasteiger partial charge in [-0.2, -0.15) is 5.10 Å². The summed E-state index contributed by atoms with van der Waals surface area (Å²) in [4.78, 5) is 9.14. The lowest BCUT2D eigenvalue weighted by atomic mass is 9.91. The first kappa shape index (κ1) is 21.4. The molecular formula is C27H25ClN4O. The second kappa shape index (κ2) is 9.20. The molecule has 0 saturated heterocycles. The molecule has 0 aliphatic carbocycles. The van der Waals surface area contributed by atoms with Gasteiger partial charge in [-0.25, -0.2) is 9.67 Å². The van der Waals surface area contributed by atoms with Crippen LogP contribution in [-0.4, -0.2) is 26.9 Å². The molecule has 1 aliphatic rings. The van der Waals surface area contributed by atoms with Gasteiger partial charge >= 0.3 is 0 Å². The molecule has 5 rings (SSSR count). The number of aryl methyl sites for hydroxylation is 2. The Balaban J connectivity index is 1.40. The van der Waals surface area contributed by atoms with Gasteiger partial charge in [-0.05, 0) is 72.9 Å². The van der Waals surface area contributed by atoms with Crippen LogP contribution in [0, 0.1) is 6.92 Å². The molecule has 0 N–H and O–H groups in total. The molecule has 1 aliphatic heterocycles. The third-order valence-corrected chi connectivity index (χ3v) is 6.27. The molecule has 2 aromatic heterocycles. The van der Waals surface area contributed by atoms with E-state index in [2.05, 4.69) is 35.3 Å². The first-order valence-corrected chi connectivity index (χ1v) is 11.5. The Morgan fingerprint density at radius 1 is 1.06 bits per heavy atom. The zero-order valence-corrected chi connectivity index (χ0v) is 19.5. The van der Waals surface area contributed by atoms with E-state index in [0.29, 0.717) is 0 Å². The minimum Gasteiger partial charge on any atom is -0.496 e. The van der Waals surface area contributed by atoms with Crippen molar-refractivity contribution < 1.29 is 4.74 Å². The predicted molar refractivity (Wildman–Crippen MR) is 132 cm³/mol. The summed E-state index contributed by atoms with van der Waals surface area (Å²) in [6.07, 6.45) is 7.97. The van der Waals surface area contributed by atoms with Crippen LogP contribution in [-0.2, 0) is 6.54 Å². The summed E-state index contributed by atoms with van der Waals surface area (Å²) in [6, 6.07) is 18.3. The molecule has 2 aromatic carbocycles. The number of fused-ring (bicyclic) bond motifs is 1. The van der Waals surface area contributed by atoms with Crippen molar-refractivity contribution in [3.8, 4) is 16.9 Å². The fourth-order valence-corrected chi connectivity index (χ4v) is 4.51. The van der Waals surface area contributed by atoms with Crippen LogP contribution >= 0.6 is 11.6 Å². The molecule has 33 heavy (non-hydrogen) atoms. The zero-order valence-electron chi connectivity index (χ0n) is 18.7. The van der Waals surface area contributed by atoms with Gasteiger partial charge in [0.15, 0.2) is 5.82 Å². The summed E-state index contributed by atoms with van der Waals surface area (Å²) in [5.74, 6) is 2.80. The van der Waals surface area contributed by atoms with Gasteiger partial charge in [-0.3, -0.25) is 4.98 Å². The van der Waals surface area contributed by atoms with E-state index in [1.165, 1.54) is 5.56 Å². The van der Waals surface area contributed by atoms with Crippen molar-refractivity contribution >= 4 is 23.8 Å². The first-order chi connectivity index (χ1) is 16.1. The Labute approximate surface area is 198 Å². The Bertz CT molecular complexity index is 1310. The second-order valence-electron chi connectivity index (χ2n) is 8.28. The fraction of sp³-hybridized carbons (Fsp3) is 0.222. The van der Waals surface area contributed by atoms with E-state index >= 15 is 0 Å². The number of ether oxygens (including phenoxy) is 1. The Kier molecular flexibility index (Phi) is 5.97. The number of methoxy groups -OCH3 is 1. The molecule has 1 unspecified atom stereocenters. The van der Waals surface area contributed by atoms with E-state index in [4.69, 9.17) is 26.4 Å². The molecule has 3 heterocycles. The number of halogens is 1. The first-order valence-electron chi connectivity index (χ1n) is 11.1. The van der Waals surface area contributed by atoms with Crippen LogP contribution in [0.1, 0.15) is 47.2 Å². The fourth-order valence-electron chi connectivity index (χ4n) is 4.38. The number of nitrogens with zero attached hydrogens (tertiary/aromatic N) is 4. The van der Waals surface area contributed by atoms with Gasteiger partial charge in [0.25, 0.3) is 0 Å². The summed E-state index contributed by atoms with van der Waals surface area (Å²) >= 11 is 6.07. The maximum absolute atomic E-state index is 6.07. The highest BCUT2D eigenvalue weighted by Crippen LogP contribution is 2.34. The van der Waals surface area contributed by atoms with E-state index in [1.54, 1.807) is 7.11 Å². The Morgan fingerprint density at radius 3 is 2.70 bits per heavy atom. The average molecular weight is 457 g/mol. The maximum Gasteiger partial charge on any atom is 0.174 e. The molecule has 0 spiro atoms. The van der Waals surface area contributed by atoms with Gasteiger partial charge in [0.1, 0.15) is 11.6 Å². The third-order valence-electron chi connectivity index (χ3n) is 6.02. The summed E-state index contributed by atoms with van der Waals surface area (Å²) < 4.78 is 7.71. The minimum atomic E-state index is 0.244. The van der Waals surface area contributed by atoms with Crippen molar-refractivity contribution in [3.05, 3.63) is 94.3 Å². The van der Waals surface area contributed by atoms with Crippen LogP contribution in [0.15, 0.2) is 60.8 Å². The standard InChI is InChI=1S/C27H25ClN4O/c1-18-16-21(13-14-29-18)23-11-5-19(17-25(23)33-2)6-12-26-30-27-24(4-3-15-32(27)31-26)20-7-9-22(28)10-8-20/h5-14,16-17,24H,3-4,15H2,1-2H3/b12-6+. The van der Waals surface area contributed by atoms with Crippen LogP contribution in [0.3, 0.4) is 0 Å². The molecule has 0 bridgehead atoms. The lowest BCUT2D eigenvalue weighted by molar-refractivity contribution is 0.416. The molecule has 166 valence electrons. The van der Waals surface area contributed by atoms with Crippen molar-refractivity contribution in [2.45, 2.75) is 32.2 Å². The number of aromatic nitrogens is 4. The SMILES string of the molecule is COc1cc(/C=C/c2nc3n(n2)CCCC3c2ccc(Cl)cc2)ccc1-c1ccnc(C)c1. The van der Waals surface area contributed by atoms with Crippen LogP contribution in [0.2, 0.25) is 5.02 Å². The van der Waals surface area contributed by atoms with Gasteiger partial charge < -0.3 is 4.74 Å². The van der Waals surface area contributed by atoms with E-state index in [0.717, 1.165) is 64.2 Å². The second-order valence-corrected chi connectivity index (χ2v) is 8.71. The van der Waals surface area contributed by atoms with E-state index in [-0.39, 0.29) is 5.92 Å². The monoisotopic (exact) mass is 456 g/mol. The normalized spacial score (nSPS) is 15.5. The molecule has 5 nitrogen and oxygen atoms in total. The van der Waals surface area contributed by atoms with Crippen molar-refractivity contribution in [1.29, 1.82) is 0 Å². The van der Waals surface area contributed by atoms with E-state index in [9.17, 15) is 0 Å². The molecule has 1 atom stereocenters. The number of rotatable bonds is 5. The minimum absolute atomic E-state index is 0.244. The highest BCUT2D eigenvalue weighted by molar-refractivity contribution is 6.30. The van der Waals surface area contributed by atoms with E-state index in [1.807, 2.05) is 54.2 Å². The van der Waals surface area contributed by atoms with Gasteiger partial charge in [0.2, 0.25) is 0 Å². The molecular weight excluding hydrogens is 432 g/mol. The molecule has 4 aromatic rings. The maximum atomic E-state index is 6.07. The van der Waals surface area contributed by atoms with E-state index < -0.39 is 0 Å². The lowest BCUT2D eigenvalue weighted by Gasteiger charge is -2.22. The lowest BCUT2D eigenvalue weighted by Crippen LogP contribution is -2.17. The number of pyridine rings is 1. The van der Waals surface area contributed by atoms with Crippen molar-refractivity contribution in [1.82, 2.24) is 19.7 Å². The number of hydrogen-bond acceptors (Lipinski definition) is 4.